The van der Waals surface area contributed by atoms with E-state index in [1.807, 2.05) is 25.1 Å². The van der Waals surface area contributed by atoms with Crippen LogP contribution >= 0.6 is 0 Å². The second kappa shape index (κ2) is 7.28. The first-order valence-electron chi connectivity index (χ1n) is 7.33. The molecule has 1 amide bonds. The second-order valence-corrected chi connectivity index (χ2v) is 6.55. The van der Waals surface area contributed by atoms with Crippen LogP contribution in [-0.4, -0.2) is 12.5 Å². The van der Waals surface area contributed by atoms with Gasteiger partial charge in [0.05, 0.1) is 6.54 Å². The van der Waals surface area contributed by atoms with E-state index < -0.39 is 0 Å². The number of hydrogen-bond donors (Lipinski definition) is 2. The van der Waals surface area contributed by atoms with E-state index in [4.69, 9.17) is 5.73 Å². The maximum atomic E-state index is 12.1. The van der Waals surface area contributed by atoms with Gasteiger partial charge in [0, 0.05) is 17.7 Å². The summed E-state index contributed by atoms with van der Waals surface area (Å²) in [6, 6.07) is 5.76. The number of carbonyl (C=O) groups is 1. The van der Waals surface area contributed by atoms with Gasteiger partial charge >= 0.3 is 0 Å². The minimum atomic E-state index is 0.0568. The maximum Gasteiger partial charge on any atom is 0.224 e. The predicted molar refractivity (Wildman–Crippen MR) is 89.0 cm³/mol. The van der Waals surface area contributed by atoms with Crippen LogP contribution in [0.15, 0.2) is 18.2 Å². The number of aryl methyl sites for hydroxylation is 1. The normalized spacial score (nSPS) is 12.3. The average Bonchev–Trinajstić information content (AvgIpc) is 2.38. The molecule has 0 aliphatic carbocycles. The molecule has 0 aliphatic rings. The minimum absolute atomic E-state index is 0.0568. The van der Waals surface area contributed by atoms with E-state index in [9.17, 15) is 4.79 Å². The Morgan fingerprint density at radius 1 is 1.38 bits per heavy atom. The lowest BCUT2D eigenvalue weighted by atomic mass is 9.80. The van der Waals surface area contributed by atoms with Crippen LogP contribution in [0.4, 0.5) is 5.69 Å². The number of hydrogen-bond acceptors (Lipinski definition) is 2. The van der Waals surface area contributed by atoms with Crippen molar-refractivity contribution in [3.8, 4) is 11.8 Å². The van der Waals surface area contributed by atoms with Gasteiger partial charge in [-0.3, -0.25) is 4.79 Å². The van der Waals surface area contributed by atoms with E-state index in [-0.39, 0.29) is 11.3 Å². The van der Waals surface area contributed by atoms with Crippen molar-refractivity contribution in [3.05, 3.63) is 29.3 Å². The molecule has 3 heteroatoms. The van der Waals surface area contributed by atoms with Gasteiger partial charge in [-0.1, -0.05) is 39.5 Å². The number of nitrogens with two attached hydrogens (primary N) is 1. The zero-order valence-corrected chi connectivity index (χ0v) is 13.7. The van der Waals surface area contributed by atoms with Crippen LogP contribution in [-0.2, 0) is 4.79 Å². The summed E-state index contributed by atoms with van der Waals surface area (Å²) >= 11 is 0. The Kier molecular flexibility index (Phi) is 5.99. The quantitative estimate of drug-likeness (QED) is 0.838. The van der Waals surface area contributed by atoms with E-state index in [0.29, 0.717) is 18.9 Å². The molecule has 114 valence electrons. The first-order chi connectivity index (χ1) is 9.74. The fourth-order valence-electron chi connectivity index (χ4n) is 1.82. The zero-order valence-electron chi connectivity index (χ0n) is 13.7. The molecule has 1 unspecified atom stereocenters. The molecule has 21 heavy (non-hydrogen) atoms. The molecule has 1 aromatic carbocycles. The van der Waals surface area contributed by atoms with E-state index in [1.54, 1.807) is 0 Å². The Hall–Kier alpha value is -1.79. The number of amides is 1. The number of benzene rings is 1. The van der Waals surface area contributed by atoms with Crippen LogP contribution in [0.5, 0.6) is 0 Å². The van der Waals surface area contributed by atoms with Gasteiger partial charge in [-0.05, 0) is 42.0 Å². The van der Waals surface area contributed by atoms with Gasteiger partial charge in [-0.25, -0.2) is 0 Å². The smallest absolute Gasteiger partial charge is 0.224 e. The van der Waals surface area contributed by atoms with Crippen molar-refractivity contribution in [3.63, 3.8) is 0 Å². The third-order valence-electron chi connectivity index (χ3n) is 3.81. The summed E-state index contributed by atoms with van der Waals surface area (Å²) in [6.45, 7) is 10.9. The first kappa shape index (κ1) is 17.3. The van der Waals surface area contributed by atoms with Crippen molar-refractivity contribution in [2.75, 3.05) is 11.9 Å². The third-order valence-corrected chi connectivity index (χ3v) is 3.81. The second-order valence-electron chi connectivity index (χ2n) is 6.55. The Labute approximate surface area is 128 Å². The number of anilines is 1. The van der Waals surface area contributed by atoms with Crippen molar-refractivity contribution in [2.24, 2.45) is 17.1 Å². The molecule has 0 saturated carbocycles. The van der Waals surface area contributed by atoms with Gasteiger partial charge in [0.25, 0.3) is 0 Å². The van der Waals surface area contributed by atoms with E-state index in [2.05, 4.69) is 44.9 Å². The fourth-order valence-corrected chi connectivity index (χ4v) is 1.82. The topological polar surface area (TPSA) is 55.1 Å². The van der Waals surface area contributed by atoms with E-state index >= 15 is 0 Å². The highest BCUT2D eigenvalue weighted by molar-refractivity contribution is 5.91. The third kappa shape index (κ3) is 5.61. The summed E-state index contributed by atoms with van der Waals surface area (Å²) in [5.74, 6) is 6.20. The van der Waals surface area contributed by atoms with Crippen molar-refractivity contribution >= 4 is 11.6 Å². The van der Waals surface area contributed by atoms with E-state index in [1.165, 1.54) is 0 Å². The Bertz CT molecular complexity index is 559. The monoisotopic (exact) mass is 286 g/mol. The van der Waals surface area contributed by atoms with Crippen molar-refractivity contribution in [1.82, 2.24) is 0 Å². The van der Waals surface area contributed by atoms with Crippen LogP contribution in [0.25, 0.3) is 0 Å². The molecule has 1 atom stereocenters. The summed E-state index contributed by atoms with van der Waals surface area (Å²) in [4.78, 5) is 12.1. The summed E-state index contributed by atoms with van der Waals surface area (Å²) in [7, 11) is 0. The molecule has 3 nitrogen and oxygen atoms in total. The van der Waals surface area contributed by atoms with Gasteiger partial charge < -0.3 is 11.1 Å². The molecule has 0 spiro atoms. The maximum absolute atomic E-state index is 12.1. The molecule has 1 aromatic rings. The molecule has 3 N–H and O–H groups in total. The Morgan fingerprint density at radius 2 is 2.05 bits per heavy atom. The van der Waals surface area contributed by atoms with Crippen molar-refractivity contribution in [1.29, 1.82) is 0 Å². The lowest BCUT2D eigenvalue weighted by Crippen LogP contribution is -2.24. The molecule has 0 bridgehead atoms. The number of nitrogens with one attached hydrogen (secondary N) is 1. The number of rotatable bonds is 3. The lowest BCUT2D eigenvalue weighted by Gasteiger charge is -2.26. The van der Waals surface area contributed by atoms with Gasteiger partial charge in [-0.15, -0.1) is 0 Å². The lowest BCUT2D eigenvalue weighted by molar-refractivity contribution is -0.117. The van der Waals surface area contributed by atoms with Crippen LogP contribution in [0.2, 0.25) is 0 Å². The summed E-state index contributed by atoms with van der Waals surface area (Å²) in [5, 5.41) is 2.98. The van der Waals surface area contributed by atoms with Crippen LogP contribution in [0.3, 0.4) is 0 Å². The molecule has 1 rings (SSSR count). The van der Waals surface area contributed by atoms with Crippen molar-refractivity contribution in [2.45, 2.75) is 41.0 Å². The first-order valence-corrected chi connectivity index (χ1v) is 7.33. The van der Waals surface area contributed by atoms with Gasteiger partial charge in [-0.2, -0.15) is 0 Å². The van der Waals surface area contributed by atoms with Gasteiger partial charge in [0.15, 0.2) is 0 Å². The van der Waals surface area contributed by atoms with Gasteiger partial charge in [0.1, 0.15) is 0 Å². The highest BCUT2D eigenvalue weighted by atomic mass is 16.1. The van der Waals surface area contributed by atoms with Gasteiger partial charge in [0.2, 0.25) is 5.91 Å². The van der Waals surface area contributed by atoms with Crippen LogP contribution in [0, 0.1) is 30.1 Å². The molecular weight excluding hydrogens is 260 g/mol. The molecule has 0 aromatic heterocycles. The van der Waals surface area contributed by atoms with Crippen LogP contribution < -0.4 is 11.1 Å². The highest BCUT2D eigenvalue weighted by Crippen LogP contribution is 2.28. The Morgan fingerprint density at radius 3 is 2.57 bits per heavy atom. The molecule has 0 fully saturated rings. The summed E-state index contributed by atoms with van der Waals surface area (Å²) in [5.41, 5.74) is 8.27. The SMILES string of the molecule is Cc1cc(C#CCN)ccc1NC(=O)CC(C)C(C)(C)C. The van der Waals surface area contributed by atoms with E-state index in [0.717, 1.165) is 16.8 Å². The largest absolute Gasteiger partial charge is 0.326 e. The zero-order chi connectivity index (χ0) is 16.0. The molecular formula is C18H26N2O. The Balaban J connectivity index is 2.73. The molecule has 0 saturated heterocycles. The highest BCUT2D eigenvalue weighted by Gasteiger charge is 2.22. The molecule has 0 aliphatic heterocycles. The summed E-state index contributed by atoms with van der Waals surface area (Å²) < 4.78 is 0. The standard InChI is InChI=1S/C18H26N2O/c1-13-11-15(7-6-10-19)8-9-16(13)20-17(21)12-14(2)18(3,4)5/h8-9,11,14H,10,12,19H2,1-5H3,(H,20,21). The molecule has 0 heterocycles. The van der Waals surface area contributed by atoms with Crippen molar-refractivity contribution < 1.29 is 4.79 Å². The average molecular weight is 286 g/mol. The fraction of sp³-hybridized carbons (Fsp3) is 0.500. The van der Waals surface area contributed by atoms with Crippen LogP contribution in [0.1, 0.15) is 45.2 Å². The minimum Gasteiger partial charge on any atom is -0.326 e. The molecule has 0 radical (unpaired) electrons. The summed E-state index contributed by atoms with van der Waals surface area (Å²) in [6.07, 6.45) is 0.525. The number of carbonyl (C=O) groups excluding carboxylic acids is 1. The predicted octanol–water partition coefficient (Wildman–Crippen LogP) is 3.32.